The number of nitrogens with one attached hydrogen (secondary N) is 1. The highest BCUT2D eigenvalue weighted by Gasteiger charge is 2.31. The average molecular weight is 274 g/mol. The van der Waals surface area contributed by atoms with Crippen LogP contribution < -0.4 is 5.32 Å². The molecule has 2 aromatic heterocycles. The van der Waals surface area contributed by atoms with E-state index in [0.717, 1.165) is 12.2 Å². The van der Waals surface area contributed by atoms with Crippen LogP contribution in [0.3, 0.4) is 0 Å². The minimum absolute atomic E-state index is 0.0676. The molecule has 6 heteroatoms. The maximum absolute atomic E-state index is 11.4. The summed E-state index contributed by atoms with van der Waals surface area (Å²) in [7, 11) is 0. The van der Waals surface area contributed by atoms with Crippen LogP contribution in [-0.4, -0.2) is 20.7 Å². The van der Waals surface area contributed by atoms with Crippen molar-refractivity contribution < 1.29 is 9.21 Å². The first-order chi connectivity index (χ1) is 9.45. The fraction of sp³-hybridized carbons (Fsp3) is 0.500. The molecular weight excluding hydrogens is 256 g/mol. The fourth-order valence-corrected chi connectivity index (χ4v) is 2.36. The predicted molar refractivity (Wildman–Crippen MR) is 72.8 cm³/mol. The van der Waals surface area contributed by atoms with Crippen LogP contribution in [0.25, 0.3) is 11.6 Å². The minimum atomic E-state index is -0.208. The standard InChI is InChI=1S/C14H18N4O2/c1-14(2,3)18-13(9-6-7-11(19)15-9)16-12(17-18)10-5-4-8-20-10/h4-5,8-9H,6-7H2,1-3H3,(H,15,19). The Labute approximate surface area is 117 Å². The Kier molecular flexibility index (Phi) is 2.88. The van der Waals surface area contributed by atoms with Gasteiger partial charge in [-0.05, 0) is 39.3 Å². The molecule has 3 rings (SSSR count). The van der Waals surface area contributed by atoms with Crippen LogP contribution in [0, 0.1) is 0 Å². The van der Waals surface area contributed by atoms with Gasteiger partial charge in [-0.2, -0.15) is 0 Å². The van der Waals surface area contributed by atoms with Crippen molar-refractivity contribution in [3.05, 3.63) is 24.2 Å². The molecule has 0 saturated carbocycles. The number of amides is 1. The Morgan fingerprint density at radius 1 is 1.45 bits per heavy atom. The molecule has 1 aliphatic heterocycles. The molecule has 20 heavy (non-hydrogen) atoms. The molecule has 0 bridgehead atoms. The van der Waals surface area contributed by atoms with Crippen molar-refractivity contribution in [2.75, 3.05) is 0 Å². The lowest BCUT2D eigenvalue weighted by molar-refractivity contribution is -0.119. The molecule has 0 spiro atoms. The van der Waals surface area contributed by atoms with Gasteiger partial charge in [-0.15, -0.1) is 5.10 Å². The molecule has 3 heterocycles. The first kappa shape index (κ1) is 12.9. The molecule has 6 nitrogen and oxygen atoms in total. The van der Waals surface area contributed by atoms with Gasteiger partial charge in [0.25, 0.3) is 0 Å². The molecule has 1 fully saturated rings. The summed E-state index contributed by atoms with van der Waals surface area (Å²) in [6.45, 7) is 6.19. The van der Waals surface area contributed by atoms with E-state index in [9.17, 15) is 4.79 Å². The summed E-state index contributed by atoms with van der Waals surface area (Å²) in [5, 5.41) is 7.50. The number of aromatic nitrogens is 3. The van der Waals surface area contributed by atoms with Crippen LogP contribution in [0.2, 0.25) is 0 Å². The van der Waals surface area contributed by atoms with E-state index in [1.165, 1.54) is 0 Å². The first-order valence-corrected chi connectivity index (χ1v) is 6.76. The van der Waals surface area contributed by atoms with Crippen molar-refractivity contribution in [3.63, 3.8) is 0 Å². The Morgan fingerprint density at radius 3 is 2.80 bits per heavy atom. The zero-order valence-electron chi connectivity index (χ0n) is 11.9. The molecule has 1 saturated heterocycles. The Bertz CT molecular complexity index is 622. The summed E-state index contributed by atoms with van der Waals surface area (Å²) in [5.74, 6) is 2.05. The molecule has 0 aliphatic carbocycles. The van der Waals surface area contributed by atoms with Crippen LogP contribution in [0.5, 0.6) is 0 Å². The van der Waals surface area contributed by atoms with Gasteiger partial charge in [-0.25, -0.2) is 9.67 Å². The van der Waals surface area contributed by atoms with Gasteiger partial charge in [0.15, 0.2) is 11.6 Å². The second-order valence-electron chi connectivity index (χ2n) is 6.01. The van der Waals surface area contributed by atoms with Gasteiger partial charge in [-0.3, -0.25) is 4.79 Å². The van der Waals surface area contributed by atoms with Crippen LogP contribution in [-0.2, 0) is 10.3 Å². The SMILES string of the molecule is CC(C)(C)n1nc(-c2ccco2)nc1C1CCC(=O)N1. The minimum Gasteiger partial charge on any atom is -0.461 e. The Morgan fingerprint density at radius 2 is 2.25 bits per heavy atom. The van der Waals surface area contributed by atoms with Crippen LogP contribution in [0.4, 0.5) is 0 Å². The summed E-state index contributed by atoms with van der Waals surface area (Å²) in [6.07, 6.45) is 2.90. The molecule has 1 atom stereocenters. The Hall–Kier alpha value is -2.11. The maximum Gasteiger partial charge on any atom is 0.220 e. The predicted octanol–water partition coefficient (Wildman–Crippen LogP) is 2.24. The highest BCUT2D eigenvalue weighted by molar-refractivity contribution is 5.78. The number of hydrogen-bond acceptors (Lipinski definition) is 4. The molecule has 2 aromatic rings. The molecule has 106 valence electrons. The first-order valence-electron chi connectivity index (χ1n) is 6.76. The maximum atomic E-state index is 11.4. The number of rotatable bonds is 2. The lowest BCUT2D eigenvalue weighted by atomic mass is 10.1. The van der Waals surface area contributed by atoms with E-state index in [1.54, 1.807) is 6.26 Å². The van der Waals surface area contributed by atoms with Crippen LogP contribution >= 0.6 is 0 Å². The fourth-order valence-electron chi connectivity index (χ4n) is 2.36. The van der Waals surface area contributed by atoms with Gasteiger partial charge in [0.05, 0.1) is 17.8 Å². The normalized spacial score (nSPS) is 19.4. The topological polar surface area (TPSA) is 73.0 Å². The van der Waals surface area contributed by atoms with Crippen molar-refractivity contribution in [3.8, 4) is 11.6 Å². The monoisotopic (exact) mass is 274 g/mol. The van der Waals surface area contributed by atoms with Crippen LogP contribution in [0.1, 0.15) is 45.5 Å². The van der Waals surface area contributed by atoms with Gasteiger partial charge < -0.3 is 9.73 Å². The van der Waals surface area contributed by atoms with Crippen LogP contribution in [0.15, 0.2) is 22.8 Å². The van der Waals surface area contributed by atoms with E-state index in [-0.39, 0.29) is 17.5 Å². The third-order valence-electron chi connectivity index (χ3n) is 3.32. The quantitative estimate of drug-likeness (QED) is 0.911. The lowest BCUT2D eigenvalue weighted by Gasteiger charge is -2.23. The largest absolute Gasteiger partial charge is 0.461 e. The summed E-state index contributed by atoms with van der Waals surface area (Å²) < 4.78 is 7.23. The molecule has 1 aliphatic rings. The molecule has 1 N–H and O–H groups in total. The molecule has 1 unspecified atom stereocenters. The molecular formula is C14H18N4O2. The summed E-state index contributed by atoms with van der Waals surface area (Å²) in [4.78, 5) is 16.0. The summed E-state index contributed by atoms with van der Waals surface area (Å²) in [6, 6.07) is 3.57. The van der Waals surface area contributed by atoms with Gasteiger partial charge in [-0.1, -0.05) is 0 Å². The number of hydrogen-bond donors (Lipinski definition) is 1. The van der Waals surface area contributed by atoms with E-state index in [1.807, 2.05) is 16.8 Å². The van der Waals surface area contributed by atoms with E-state index in [4.69, 9.17) is 4.42 Å². The Balaban J connectivity index is 2.05. The van der Waals surface area contributed by atoms with Crippen molar-refractivity contribution in [1.82, 2.24) is 20.1 Å². The number of carbonyl (C=O) groups excluding carboxylic acids is 1. The molecule has 0 radical (unpaired) electrons. The average Bonchev–Trinajstić information content (AvgIpc) is 3.06. The van der Waals surface area contributed by atoms with Gasteiger partial charge in [0.2, 0.25) is 11.7 Å². The van der Waals surface area contributed by atoms with Crippen molar-refractivity contribution in [2.45, 2.75) is 45.2 Å². The lowest BCUT2D eigenvalue weighted by Crippen LogP contribution is -2.30. The summed E-state index contributed by atoms with van der Waals surface area (Å²) in [5.41, 5.74) is -0.208. The van der Waals surface area contributed by atoms with Gasteiger partial charge in [0.1, 0.15) is 0 Å². The zero-order valence-corrected chi connectivity index (χ0v) is 11.9. The van der Waals surface area contributed by atoms with Gasteiger partial charge >= 0.3 is 0 Å². The van der Waals surface area contributed by atoms with Crippen molar-refractivity contribution in [2.24, 2.45) is 0 Å². The highest BCUT2D eigenvalue weighted by Crippen LogP contribution is 2.28. The molecule has 0 aromatic carbocycles. The highest BCUT2D eigenvalue weighted by atomic mass is 16.3. The molecule has 1 amide bonds. The van der Waals surface area contributed by atoms with Crippen molar-refractivity contribution >= 4 is 5.91 Å². The van der Waals surface area contributed by atoms with E-state index in [2.05, 4.69) is 36.2 Å². The number of carbonyl (C=O) groups is 1. The third-order valence-corrected chi connectivity index (χ3v) is 3.32. The number of nitrogens with zero attached hydrogens (tertiary/aromatic N) is 3. The van der Waals surface area contributed by atoms with E-state index >= 15 is 0 Å². The third kappa shape index (κ3) is 2.21. The second kappa shape index (κ2) is 4.47. The summed E-state index contributed by atoms with van der Waals surface area (Å²) >= 11 is 0. The second-order valence-corrected chi connectivity index (χ2v) is 6.01. The van der Waals surface area contributed by atoms with E-state index in [0.29, 0.717) is 18.0 Å². The van der Waals surface area contributed by atoms with Gasteiger partial charge in [0, 0.05) is 6.42 Å². The van der Waals surface area contributed by atoms with E-state index < -0.39 is 0 Å². The number of furan rings is 1. The smallest absolute Gasteiger partial charge is 0.220 e. The van der Waals surface area contributed by atoms with Crippen molar-refractivity contribution in [1.29, 1.82) is 0 Å². The zero-order chi connectivity index (χ0) is 14.3.